The summed E-state index contributed by atoms with van der Waals surface area (Å²) in [5.74, 6) is -1.57. The van der Waals surface area contributed by atoms with E-state index < -0.39 is 91.5 Å². The third-order valence-electron chi connectivity index (χ3n) is 18.9. The van der Waals surface area contributed by atoms with Crippen molar-refractivity contribution in [3.05, 3.63) is 109 Å². The van der Waals surface area contributed by atoms with Gasteiger partial charge in [0.2, 0.25) is 0 Å². The highest BCUT2D eigenvalue weighted by atomic mass is 31.2. The number of allylic oxidation sites excluding steroid dienone is 18. The van der Waals surface area contributed by atoms with E-state index in [4.69, 9.17) is 32.3 Å². The van der Waals surface area contributed by atoms with Crippen LogP contribution in [0.4, 0.5) is 0 Å². The van der Waals surface area contributed by atoms with Gasteiger partial charge in [-0.15, -0.1) is 0 Å². The molecule has 632 valence electrons. The van der Waals surface area contributed by atoms with Gasteiger partial charge in [0, 0.05) is 19.3 Å². The van der Waals surface area contributed by atoms with Gasteiger partial charge in [-0.2, -0.15) is 0 Å². The van der Waals surface area contributed by atoms with Gasteiger partial charge in [-0.1, -0.05) is 355 Å². The van der Waals surface area contributed by atoms with E-state index in [2.05, 4.69) is 130 Å². The van der Waals surface area contributed by atoms with Gasteiger partial charge in [0.15, 0.2) is 6.10 Å². The minimum atomic E-state index is -4.93. The van der Waals surface area contributed by atoms with Gasteiger partial charge < -0.3 is 34.2 Å². The van der Waals surface area contributed by atoms with Gasteiger partial charge in [-0.25, -0.2) is 9.13 Å². The molecule has 0 saturated heterocycles. The molecule has 16 nitrogen and oxygen atoms in total. The molecular formula is C91H162O16P2. The van der Waals surface area contributed by atoms with Gasteiger partial charge in [0.05, 0.1) is 26.4 Å². The first-order valence-corrected chi connectivity index (χ1v) is 47.2. The molecule has 18 heteroatoms. The minimum absolute atomic E-state index is 0.0954. The maximum Gasteiger partial charge on any atom is 0.472 e. The summed E-state index contributed by atoms with van der Waals surface area (Å²) in [5, 5.41) is 20.7. The van der Waals surface area contributed by atoms with E-state index >= 15 is 0 Å². The van der Waals surface area contributed by atoms with Crippen LogP contribution in [-0.4, -0.2) is 95.9 Å². The standard InChI is InChI=1S/C91H162O16P2/c1-4-7-10-13-16-19-22-24-26-28-30-32-34-36-38-40-42-44-46-48-50-52-54-56-58-60-63-65-68-71-74-77-89(94)101-80-86(92)81-103-108(97,98)104-82-87(93)83-105-109(99,100)106-85-88(107-91(96)79-76-73-70-67-62-21-18-15-12-9-6-3)84-102-90(95)78-75-72-69-66-64-61-59-57-55-53-51-49-47-45-43-41-39-37-35-33-31-29-27-25-23-20-17-14-11-8-5-2/h15-20,24-27,30-33,36-39,86-88,92-93H,4-14,21-23,28-29,34-35,40-85H2,1-3H3,(H,97,98)(H,99,100)/b18-15-,19-16-,20-17-,26-24-,27-25-,32-30-,33-31-,38-36-,39-37-. The second-order valence-corrected chi connectivity index (χ2v) is 32.6. The summed E-state index contributed by atoms with van der Waals surface area (Å²) >= 11 is 0. The van der Waals surface area contributed by atoms with Gasteiger partial charge >= 0.3 is 33.6 Å². The summed E-state index contributed by atoms with van der Waals surface area (Å²) in [4.78, 5) is 58.7. The Morgan fingerprint density at radius 1 is 0.257 bits per heavy atom. The number of hydrogen-bond acceptors (Lipinski definition) is 14. The van der Waals surface area contributed by atoms with Crippen LogP contribution >= 0.6 is 15.6 Å². The lowest BCUT2D eigenvalue weighted by Crippen LogP contribution is -2.30. The van der Waals surface area contributed by atoms with Crippen LogP contribution in [0.3, 0.4) is 0 Å². The molecule has 4 N–H and O–H groups in total. The lowest BCUT2D eigenvalue weighted by atomic mass is 10.0. The first-order valence-electron chi connectivity index (χ1n) is 44.2. The maximum absolute atomic E-state index is 12.9. The van der Waals surface area contributed by atoms with Crippen molar-refractivity contribution in [1.82, 2.24) is 0 Å². The number of unbranched alkanes of at least 4 members (excludes halogenated alkanes) is 43. The second kappa shape index (κ2) is 83.6. The fourth-order valence-electron chi connectivity index (χ4n) is 12.2. The first kappa shape index (κ1) is 105. The van der Waals surface area contributed by atoms with Crippen LogP contribution in [0, 0.1) is 0 Å². The van der Waals surface area contributed by atoms with E-state index in [0.717, 1.165) is 116 Å². The van der Waals surface area contributed by atoms with Crippen molar-refractivity contribution in [1.29, 1.82) is 0 Å². The third-order valence-corrected chi connectivity index (χ3v) is 20.8. The van der Waals surface area contributed by atoms with Crippen LogP contribution in [0.5, 0.6) is 0 Å². The van der Waals surface area contributed by atoms with Crippen molar-refractivity contribution in [3.8, 4) is 0 Å². The zero-order valence-electron chi connectivity index (χ0n) is 69.5. The van der Waals surface area contributed by atoms with E-state index in [9.17, 15) is 43.5 Å². The highest BCUT2D eigenvalue weighted by Gasteiger charge is 2.29. The first-order chi connectivity index (χ1) is 53.2. The fraction of sp³-hybridized carbons (Fsp3) is 0.769. The number of carbonyl (C=O) groups is 3. The second-order valence-electron chi connectivity index (χ2n) is 29.7. The zero-order valence-corrected chi connectivity index (χ0v) is 71.3. The molecule has 0 aromatic heterocycles. The molecule has 0 spiro atoms. The Labute approximate surface area is 666 Å². The molecule has 0 aliphatic carbocycles. The smallest absolute Gasteiger partial charge is 0.463 e. The van der Waals surface area contributed by atoms with E-state index in [0.29, 0.717) is 19.3 Å². The van der Waals surface area contributed by atoms with E-state index in [-0.39, 0.29) is 19.3 Å². The molecule has 0 bridgehead atoms. The SMILES string of the molecule is CCCC/C=C\CCCCCCCC(=O)OC(COC(=O)CCCCCCCCCCCCCCCCC/C=C\C/C=C\C/C=C\C/C=C\CCCCC)COP(=O)(O)OCC(O)COP(=O)(O)OCC(O)COC(=O)CCCCCCCCCCCCCCCCC/C=C\C/C=C\C/C=C\C/C=C\CCCCC. The molecule has 0 radical (unpaired) electrons. The number of aliphatic hydroxyl groups is 2. The molecular weight excluding hydrogens is 1410 g/mol. The number of aliphatic hydroxyl groups excluding tert-OH is 2. The summed E-state index contributed by atoms with van der Waals surface area (Å²) in [7, 11) is -9.79. The molecule has 5 atom stereocenters. The molecule has 109 heavy (non-hydrogen) atoms. The lowest BCUT2D eigenvalue weighted by Gasteiger charge is -2.21. The predicted octanol–water partition coefficient (Wildman–Crippen LogP) is 26.7. The summed E-state index contributed by atoms with van der Waals surface area (Å²) in [5.41, 5.74) is 0. The average molecular weight is 1570 g/mol. The van der Waals surface area contributed by atoms with Crippen molar-refractivity contribution in [3.63, 3.8) is 0 Å². The Morgan fingerprint density at radius 3 is 0.761 bits per heavy atom. The monoisotopic (exact) mass is 1570 g/mol. The number of rotatable bonds is 84. The molecule has 0 aromatic carbocycles. The number of phosphoric ester groups is 2. The van der Waals surface area contributed by atoms with Crippen molar-refractivity contribution in [2.24, 2.45) is 0 Å². The largest absolute Gasteiger partial charge is 0.472 e. The molecule has 0 fully saturated rings. The number of ether oxygens (including phenoxy) is 3. The highest BCUT2D eigenvalue weighted by molar-refractivity contribution is 7.47. The van der Waals surface area contributed by atoms with Crippen molar-refractivity contribution in [2.45, 2.75) is 411 Å². The Morgan fingerprint density at radius 2 is 0.468 bits per heavy atom. The van der Waals surface area contributed by atoms with Crippen LogP contribution < -0.4 is 0 Å². The fourth-order valence-corrected chi connectivity index (χ4v) is 13.8. The van der Waals surface area contributed by atoms with E-state index in [1.165, 1.54) is 218 Å². The van der Waals surface area contributed by atoms with Gasteiger partial charge in [0.1, 0.15) is 25.4 Å². The van der Waals surface area contributed by atoms with Crippen LogP contribution in [0.25, 0.3) is 0 Å². The van der Waals surface area contributed by atoms with Crippen LogP contribution in [0.15, 0.2) is 109 Å². The van der Waals surface area contributed by atoms with Crippen LogP contribution in [0.1, 0.15) is 393 Å². The minimum Gasteiger partial charge on any atom is -0.463 e. The summed E-state index contributed by atoms with van der Waals surface area (Å²) in [6.45, 7) is 2.62. The number of phosphoric acid groups is 2. The predicted molar refractivity (Wildman–Crippen MR) is 454 cm³/mol. The van der Waals surface area contributed by atoms with Crippen LogP contribution in [0.2, 0.25) is 0 Å². The van der Waals surface area contributed by atoms with Crippen LogP contribution in [-0.2, 0) is 55.8 Å². The number of esters is 3. The molecule has 0 heterocycles. The Hall–Kier alpha value is -3.79. The maximum atomic E-state index is 12.9. The van der Waals surface area contributed by atoms with Gasteiger partial charge in [-0.05, 0) is 128 Å². The quantitative estimate of drug-likeness (QED) is 0.0146. The number of hydrogen-bond donors (Lipinski definition) is 4. The van der Waals surface area contributed by atoms with E-state index in [1.807, 2.05) is 0 Å². The third kappa shape index (κ3) is 84.9. The van der Waals surface area contributed by atoms with Crippen molar-refractivity contribution < 1.29 is 75.8 Å². The molecule has 0 saturated carbocycles. The summed E-state index contributed by atoms with van der Waals surface area (Å²) < 4.78 is 61.2. The van der Waals surface area contributed by atoms with Crippen molar-refractivity contribution >= 4 is 33.6 Å². The highest BCUT2D eigenvalue weighted by Crippen LogP contribution is 2.45. The molecule has 0 aliphatic heterocycles. The zero-order chi connectivity index (χ0) is 79.4. The van der Waals surface area contributed by atoms with Gasteiger partial charge in [0.25, 0.3) is 0 Å². The van der Waals surface area contributed by atoms with Gasteiger partial charge in [-0.3, -0.25) is 32.5 Å². The molecule has 5 unspecified atom stereocenters. The number of carbonyl (C=O) groups excluding carboxylic acids is 3. The Kier molecular flexibility index (Phi) is 80.7. The van der Waals surface area contributed by atoms with E-state index in [1.54, 1.807) is 0 Å². The topological polar surface area (TPSA) is 231 Å². The molecule has 0 aliphatic rings. The lowest BCUT2D eigenvalue weighted by molar-refractivity contribution is -0.161. The molecule has 0 rings (SSSR count). The normalized spacial score (nSPS) is 14.4. The molecule has 0 aromatic rings. The van der Waals surface area contributed by atoms with Crippen molar-refractivity contribution in [2.75, 3.05) is 39.6 Å². The Bertz CT molecular complexity index is 2420. The molecule has 0 amide bonds. The summed E-state index contributed by atoms with van der Waals surface area (Å²) in [6.07, 6.45) is 100. The average Bonchev–Trinajstić information content (AvgIpc) is 0.903. The summed E-state index contributed by atoms with van der Waals surface area (Å²) in [6, 6.07) is 0. The Balaban J connectivity index is 4.36.